The van der Waals surface area contributed by atoms with E-state index in [9.17, 15) is 18.8 Å². The normalized spacial score (nSPS) is 14.9. The van der Waals surface area contributed by atoms with Gasteiger partial charge in [0.15, 0.2) is 23.1 Å². The van der Waals surface area contributed by atoms with Crippen LogP contribution in [0.25, 0.3) is 10.9 Å². The third-order valence-corrected chi connectivity index (χ3v) is 7.74. The molecule has 0 bridgehead atoms. The Morgan fingerprint density at radius 2 is 1.57 bits per heavy atom. The topological polar surface area (TPSA) is 122 Å². The number of carbonyl (C=O) groups excluding carboxylic acids is 3. The number of benzene rings is 3. The molecule has 240 valence electrons. The average molecular weight is 634 g/mol. The predicted molar refractivity (Wildman–Crippen MR) is 169 cm³/mol. The standard InChI is InChI=1S/C33H29F2N5O6.2H2/c1-39-13-15-40(16-14-39)32(43)46-29-19-25-23(18-28(29)44-2)26(9-12-36-25)45-27-8-7-22(17-24(27)35)38-31(42)33(10-11-33)30(41)37-21-5-3-20(34)4-6-21;;/h3-9,12-13,15,17-19H,10-11,14,16H2,1-2H3,(H,37,41)(H,38,42);2*1H. The summed E-state index contributed by atoms with van der Waals surface area (Å²) in [6.07, 6.45) is 4.94. The zero-order chi connectivity index (χ0) is 32.4. The summed E-state index contributed by atoms with van der Waals surface area (Å²) in [5.41, 5.74) is -0.394. The first-order valence-corrected chi connectivity index (χ1v) is 14.3. The van der Waals surface area contributed by atoms with Crippen LogP contribution in [-0.4, -0.2) is 59.9 Å². The molecule has 13 heteroatoms. The minimum Gasteiger partial charge on any atom is -0.493 e. The SMILES string of the molecule is COc1cc2c(Oc3ccc(NC(=O)C4(C(=O)Nc5ccc(F)cc5)CC4)cc3F)ccnc2cc1OC(=O)N1C=CN(C)CC1.[HH].[HH]. The molecule has 1 saturated carbocycles. The van der Waals surface area contributed by atoms with Crippen LogP contribution >= 0.6 is 0 Å². The van der Waals surface area contributed by atoms with Gasteiger partial charge in [-0.15, -0.1) is 0 Å². The number of aromatic nitrogens is 1. The summed E-state index contributed by atoms with van der Waals surface area (Å²) in [7, 11) is 3.33. The molecule has 2 heterocycles. The lowest BCUT2D eigenvalue weighted by Gasteiger charge is -2.26. The van der Waals surface area contributed by atoms with Gasteiger partial charge in [-0.05, 0) is 61.4 Å². The largest absolute Gasteiger partial charge is 0.493 e. The maximum absolute atomic E-state index is 15.2. The lowest BCUT2D eigenvalue weighted by atomic mass is 10.0. The molecule has 0 radical (unpaired) electrons. The van der Waals surface area contributed by atoms with Gasteiger partial charge in [-0.3, -0.25) is 19.5 Å². The fraction of sp³-hybridized carbons (Fsp3) is 0.212. The highest BCUT2D eigenvalue weighted by Crippen LogP contribution is 2.47. The van der Waals surface area contributed by atoms with Crippen molar-refractivity contribution in [2.45, 2.75) is 12.8 Å². The van der Waals surface area contributed by atoms with Crippen LogP contribution in [0, 0.1) is 17.0 Å². The number of hydrogen-bond donors (Lipinski definition) is 2. The quantitative estimate of drug-likeness (QED) is 0.215. The van der Waals surface area contributed by atoms with Gasteiger partial charge in [-0.2, -0.15) is 0 Å². The van der Waals surface area contributed by atoms with Gasteiger partial charge in [0.05, 0.1) is 12.6 Å². The van der Waals surface area contributed by atoms with Gasteiger partial charge >= 0.3 is 6.09 Å². The lowest BCUT2D eigenvalue weighted by Crippen LogP contribution is -2.38. The van der Waals surface area contributed by atoms with E-state index < -0.39 is 35.0 Å². The van der Waals surface area contributed by atoms with E-state index in [0.29, 0.717) is 42.5 Å². The summed E-state index contributed by atoms with van der Waals surface area (Å²) >= 11 is 0. The third-order valence-electron chi connectivity index (χ3n) is 7.74. The molecule has 0 atom stereocenters. The molecule has 0 unspecified atom stereocenters. The monoisotopic (exact) mass is 633 g/mol. The molecule has 1 aromatic heterocycles. The second kappa shape index (κ2) is 12.3. The molecular formula is C33H33F2N5O6. The maximum atomic E-state index is 15.2. The first-order valence-electron chi connectivity index (χ1n) is 14.3. The highest BCUT2D eigenvalue weighted by Gasteiger charge is 2.56. The van der Waals surface area contributed by atoms with Crippen molar-refractivity contribution < 1.29 is 40.2 Å². The van der Waals surface area contributed by atoms with Crippen LogP contribution in [0.15, 0.2) is 79.3 Å². The first kappa shape index (κ1) is 30.3. The van der Waals surface area contributed by atoms with Crippen LogP contribution in [0.2, 0.25) is 0 Å². The van der Waals surface area contributed by atoms with E-state index in [0.717, 1.165) is 6.07 Å². The number of carbonyl (C=O) groups is 3. The molecular weight excluding hydrogens is 600 g/mol. The van der Waals surface area contributed by atoms with E-state index >= 15 is 4.39 Å². The second-order valence-corrected chi connectivity index (χ2v) is 10.9. The third kappa shape index (κ3) is 6.25. The molecule has 2 aliphatic rings. The van der Waals surface area contributed by atoms with Crippen molar-refractivity contribution in [2.75, 3.05) is 37.9 Å². The summed E-state index contributed by atoms with van der Waals surface area (Å²) in [5.74, 6) is -1.78. The van der Waals surface area contributed by atoms with Gasteiger partial charge in [-0.1, -0.05) is 0 Å². The summed E-state index contributed by atoms with van der Waals surface area (Å²) in [6, 6.07) is 13.8. The number of rotatable bonds is 8. The number of fused-ring (bicyclic) bond motifs is 1. The molecule has 1 fully saturated rings. The van der Waals surface area contributed by atoms with Gasteiger partial charge in [0, 0.05) is 70.5 Å². The summed E-state index contributed by atoms with van der Waals surface area (Å²) in [4.78, 5) is 46.3. The number of anilines is 2. The van der Waals surface area contributed by atoms with Gasteiger partial charge < -0.3 is 29.7 Å². The van der Waals surface area contributed by atoms with Crippen molar-refractivity contribution in [1.29, 1.82) is 0 Å². The molecule has 3 amide bonds. The van der Waals surface area contributed by atoms with Gasteiger partial charge in [-0.25, -0.2) is 13.6 Å². The Bertz CT molecular complexity index is 1870. The van der Waals surface area contributed by atoms with Crippen LogP contribution in [0.3, 0.4) is 0 Å². The zero-order valence-corrected chi connectivity index (χ0v) is 24.9. The molecule has 11 nitrogen and oxygen atoms in total. The Kier molecular flexibility index (Phi) is 8.14. The summed E-state index contributed by atoms with van der Waals surface area (Å²) in [5, 5.41) is 5.71. The summed E-state index contributed by atoms with van der Waals surface area (Å²) < 4.78 is 45.4. The minimum absolute atomic E-state index is 0. The van der Waals surface area contributed by atoms with E-state index in [1.807, 2.05) is 11.9 Å². The van der Waals surface area contributed by atoms with Crippen molar-refractivity contribution in [3.63, 3.8) is 0 Å². The van der Waals surface area contributed by atoms with Crippen molar-refractivity contribution in [2.24, 2.45) is 5.41 Å². The number of amides is 3. The highest BCUT2D eigenvalue weighted by molar-refractivity contribution is 6.16. The molecule has 6 rings (SSSR count). The molecule has 2 N–H and O–H groups in total. The van der Waals surface area contributed by atoms with Gasteiger partial charge in [0.2, 0.25) is 11.8 Å². The van der Waals surface area contributed by atoms with E-state index in [2.05, 4.69) is 15.6 Å². The van der Waals surface area contributed by atoms with Crippen molar-refractivity contribution in [3.8, 4) is 23.0 Å². The molecule has 1 aliphatic carbocycles. The van der Waals surface area contributed by atoms with Crippen molar-refractivity contribution in [1.82, 2.24) is 14.8 Å². The number of nitrogens with zero attached hydrogens (tertiary/aromatic N) is 3. The molecule has 3 aromatic carbocycles. The number of pyridine rings is 1. The van der Waals surface area contributed by atoms with E-state index in [-0.39, 0.29) is 31.5 Å². The average Bonchev–Trinajstić information content (AvgIpc) is 3.86. The molecule has 4 aromatic rings. The Morgan fingerprint density at radius 1 is 0.848 bits per heavy atom. The fourth-order valence-electron chi connectivity index (χ4n) is 4.87. The second-order valence-electron chi connectivity index (χ2n) is 10.9. The smallest absolute Gasteiger partial charge is 0.419 e. The van der Waals surface area contributed by atoms with Crippen LogP contribution in [0.5, 0.6) is 23.0 Å². The number of nitrogens with one attached hydrogen (secondary N) is 2. The van der Waals surface area contributed by atoms with Crippen LogP contribution in [0.4, 0.5) is 25.0 Å². The van der Waals surface area contributed by atoms with Gasteiger partial charge in [0.1, 0.15) is 17.0 Å². The molecule has 0 spiro atoms. The Hall–Kier alpha value is -5.72. The maximum Gasteiger partial charge on any atom is 0.419 e. The minimum atomic E-state index is -1.30. The number of halogens is 2. The fourth-order valence-corrected chi connectivity index (χ4v) is 4.87. The van der Waals surface area contributed by atoms with E-state index in [4.69, 9.17) is 14.2 Å². The van der Waals surface area contributed by atoms with Crippen LogP contribution < -0.4 is 24.8 Å². The first-order chi connectivity index (χ1) is 22.1. The molecule has 1 aliphatic heterocycles. The highest BCUT2D eigenvalue weighted by atomic mass is 19.1. The van der Waals surface area contributed by atoms with Crippen LogP contribution in [0.1, 0.15) is 15.7 Å². The van der Waals surface area contributed by atoms with Gasteiger partial charge in [0.25, 0.3) is 0 Å². The Morgan fingerprint density at radius 3 is 2.22 bits per heavy atom. The van der Waals surface area contributed by atoms with E-state index in [1.165, 1.54) is 60.7 Å². The lowest BCUT2D eigenvalue weighted by molar-refractivity contribution is -0.131. The number of methoxy groups -OCH3 is 1. The van der Waals surface area contributed by atoms with E-state index in [1.54, 1.807) is 24.5 Å². The number of hydrogen-bond acceptors (Lipinski definition) is 8. The molecule has 0 saturated heterocycles. The zero-order valence-electron chi connectivity index (χ0n) is 24.9. The Labute approximate surface area is 265 Å². The number of ether oxygens (including phenoxy) is 3. The summed E-state index contributed by atoms with van der Waals surface area (Å²) in [6.45, 7) is 1.11. The van der Waals surface area contributed by atoms with Crippen molar-refractivity contribution >= 4 is 40.2 Å². The molecule has 46 heavy (non-hydrogen) atoms. The van der Waals surface area contributed by atoms with Crippen molar-refractivity contribution in [3.05, 3.63) is 90.9 Å². The van der Waals surface area contributed by atoms with Crippen LogP contribution in [-0.2, 0) is 9.59 Å². The Balaban J connectivity index is 0.00000260. The predicted octanol–water partition coefficient (Wildman–Crippen LogP) is 6.38. The number of likely N-dealkylation sites (N-methyl/N-ethyl adjacent to an activating group) is 1.